The van der Waals surface area contributed by atoms with Gasteiger partial charge in [-0.15, -0.1) is 16.8 Å². The minimum atomic E-state index is -0.447. The third kappa shape index (κ3) is 6.60. The first-order valence-electron chi connectivity index (χ1n) is 11.0. The highest BCUT2D eigenvalue weighted by molar-refractivity contribution is 7.99. The van der Waals surface area contributed by atoms with Crippen molar-refractivity contribution in [1.82, 2.24) is 19.7 Å². The van der Waals surface area contributed by atoms with Gasteiger partial charge in [-0.25, -0.2) is 4.39 Å². The van der Waals surface area contributed by atoms with E-state index in [1.54, 1.807) is 46.1 Å². The zero-order chi connectivity index (χ0) is 24.5. The molecular formula is C26H25FN4O3S. The van der Waals surface area contributed by atoms with Crippen molar-refractivity contribution in [2.45, 2.75) is 31.4 Å². The summed E-state index contributed by atoms with van der Waals surface area (Å²) in [7, 11) is 0. The lowest BCUT2D eigenvalue weighted by atomic mass is 10.2. The van der Waals surface area contributed by atoms with E-state index in [-0.39, 0.29) is 24.0 Å². The predicted octanol–water partition coefficient (Wildman–Crippen LogP) is 5.10. The third-order valence-electron chi connectivity index (χ3n) is 5.12. The lowest BCUT2D eigenvalue weighted by molar-refractivity contribution is -0.129. The number of ether oxygens (including phenoxy) is 1. The first kappa shape index (κ1) is 24.3. The van der Waals surface area contributed by atoms with E-state index in [1.165, 1.54) is 17.8 Å². The molecule has 0 N–H and O–H groups in total. The predicted molar refractivity (Wildman–Crippen MR) is 131 cm³/mol. The fourth-order valence-corrected chi connectivity index (χ4v) is 4.26. The third-order valence-corrected chi connectivity index (χ3v) is 6.07. The molecule has 1 amide bonds. The van der Waals surface area contributed by atoms with Crippen molar-refractivity contribution in [2.24, 2.45) is 0 Å². The Bertz CT molecular complexity index is 1240. The standard InChI is InChI=1S/C26H25FN4O3S/c1-2-14-31-24(18-34-23-13-7-6-12-22(23)27)28-29-26(31)35-19-25(32)30(17-21-11-8-15-33-21)16-20-9-4-3-5-10-20/h2-13,15H,1,14,16-19H2. The number of carbonyl (C=O) groups excluding carboxylic acids is 1. The smallest absolute Gasteiger partial charge is 0.233 e. The number of benzene rings is 2. The maximum atomic E-state index is 13.9. The summed E-state index contributed by atoms with van der Waals surface area (Å²) in [5.74, 6) is 1.02. The maximum absolute atomic E-state index is 13.9. The number of amides is 1. The molecule has 0 aliphatic rings. The van der Waals surface area contributed by atoms with Crippen LogP contribution in [-0.4, -0.2) is 31.3 Å². The molecule has 0 bridgehead atoms. The Labute approximate surface area is 207 Å². The molecule has 4 aromatic rings. The van der Waals surface area contributed by atoms with Gasteiger partial charge in [0.15, 0.2) is 22.5 Å². The average molecular weight is 493 g/mol. The van der Waals surface area contributed by atoms with Gasteiger partial charge < -0.3 is 14.1 Å². The molecule has 2 heterocycles. The van der Waals surface area contributed by atoms with E-state index >= 15 is 0 Å². The highest BCUT2D eigenvalue weighted by atomic mass is 32.2. The Morgan fingerprint density at radius 1 is 1.09 bits per heavy atom. The van der Waals surface area contributed by atoms with E-state index in [1.807, 2.05) is 36.4 Å². The van der Waals surface area contributed by atoms with Crippen LogP contribution in [0.15, 0.2) is 95.2 Å². The Morgan fingerprint density at radius 2 is 1.89 bits per heavy atom. The normalized spacial score (nSPS) is 10.8. The number of nitrogens with zero attached hydrogens (tertiary/aromatic N) is 4. The summed E-state index contributed by atoms with van der Waals surface area (Å²) >= 11 is 1.28. The molecule has 0 radical (unpaired) electrons. The molecular weight excluding hydrogens is 467 g/mol. The minimum absolute atomic E-state index is 0.0366. The van der Waals surface area contributed by atoms with Gasteiger partial charge in [0, 0.05) is 13.1 Å². The largest absolute Gasteiger partial charge is 0.483 e. The summed E-state index contributed by atoms with van der Waals surface area (Å²) in [5.41, 5.74) is 1.03. The van der Waals surface area contributed by atoms with Gasteiger partial charge in [-0.05, 0) is 29.8 Å². The van der Waals surface area contributed by atoms with E-state index in [0.29, 0.717) is 36.4 Å². The quantitative estimate of drug-likeness (QED) is 0.202. The highest BCUT2D eigenvalue weighted by Crippen LogP contribution is 2.22. The molecule has 2 aromatic carbocycles. The SMILES string of the molecule is C=CCn1c(COc2ccccc2F)nnc1SCC(=O)N(Cc1ccccc1)Cc1ccco1. The van der Waals surface area contributed by atoms with Crippen molar-refractivity contribution in [3.05, 3.63) is 109 Å². The second-order valence-electron chi connectivity index (χ2n) is 7.62. The van der Waals surface area contributed by atoms with Crippen LogP contribution >= 0.6 is 11.8 Å². The van der Waals surface area contributed by atoms with Crippen molar-refractivity contribution in [3.63, 3.8) is 0 Å². The fraction of sp³-hybridized carbons (Fsp3) is 0.192. The van der Waals surface area contributed by atoms with Crippen molar-refractivity contribution >= 4 is 17.7 Å². The van der Waals surface area contributed by atoms with Gasteiger partial charge in [0.05, 0.1) is 18.6 Å². The van der Waals surface area contributed by atoms with Crippen LogP contribution in [0.4, 0.5) is 4.39 Å². The van der Waals surface area contributed by atoms with Crippen LogP contribution in [0.25, 0.3) is 0 Å². The molecule has 0 aliphatic carbocycles. The summed E-state index contributed by atoms with van der Waals surface area (Å²) in [6.45, 7) is 5.08. The van der Waals surface area contributed by atoms with Gasteiger partial charge >= 0.3 is 0 Å². The van der Waals surface area contributed by atoms with E-state index in [0.717, 1.165) is 5.56 Å². The van der Waals surface area contributed by atoms with Crippen LogP contribution in [0.5, 0.6) is 5.75 Å². The Hall–Kier alpha value is -3.85. The topological polar surface area (TPSA) is 73.4 Å². The van der Waals surface area contributed by atoms with Crippen LogP contribution in [0.1, 0.15) is 17.1 Å². The van der Waals surface area contributed by atoms with Gasteiger partial charge in [-0.2, -0.15) is 0 Å². The average Bonchev–Trinajstić information content (AvgIpc) is 3.52. The zero-order valence-corrected chi connectivity index (χ0v) is 19.9. The number of hydrogen-bond acceptors (Lipinski definition) is 6. The number of para-hydroxylation sites is 1. The molecule has 2 aromatic heterocycles. The van der Waals surface area contributed by atoms with Crippen molar-refractivity contribution < 1.29 is 18.3 Å². The molecule has 0 unspecified atom stereocenters. The van der Waals surface area contributed by atoms with Crippen LogP contribution in [0, 0.1) is 5.82 Å². The maximum Gasteiger partial charge on any atom is 0.233 e. The summed E-state index contributed by atoms with van der Waals surface area (Å²) in [6, 6.07) is 19.6. The highest BCUT2D eigenvalue weighted by Gasteiger charge is 2.19. The van der Waals surface area contributed by atoms with E-state index in [9.17, 15) is 9.18 Å². The number of thioether (sulfide) groups is 1. The number of furan rings is 1. The number of carbonyl (C=O) groups is 1. The van der Waals surface area contributed by atoms with Crippen molar-refractivity contribution in [1.29, 1.82) is 0 Å². The van der Waals surface area contributed by atoms with Crippen LogP contribution in [0.2, 0.25) is 0 Å². The van der Waals surface area contributed by atoms with E-state index < -0.39 is 5.82 Å². The number of hydrogen-bond donors (Lipinski definition) is 0. The fourth-order valence-electron chi connectivity index (χ4n) is 3.39. The van der Waals surface area contributed by atoms with E-state index in [4.69, 9.17) is 9.15 Å². The summed E-state index contributed by atoms with van der Waals surface area (Å²) in [4.78, 5) is 14.9. The molecule has 7 nitrogen and oxygen atoms in total. The number of aromatic nitrogens is 3. The molecule has 35 heavy (non-hydrogen) atoms. The summed E-state index contributed by atoms with van der Waals surface area (Å²) in [6.07, 6.45) is 3.30. The lowest BCUT2D eigenvalue weighted by Crippen LogP contribution is -2.31. The molecule has 0 aliphatic heterocycles. The van der Waals surface area contributed by atoms with Gasteiger partial charge in [-0.1, -0.05) is 60.3 Å². The summed E-state index contributed by atoms with van der Waals surface area (Å²) in [5, 5.41) is 8.97. The first-order valence-corrected chi connectivity index (χ1v) is 12.0. The van der Waals surface area contributed by atoms with Gasteiger partial charge in [0.25, 0.3) is 0 Å². The van der Waals surface area contributed by atoms with Crippen LogP contribution in [0.3, 0.4) is 0 Å². The number of rotatable bonds is 12. The van der Waals surface area contributed by atoms with Crippen molar-refractivity contribution in [2.75, 3.05) is 5.75 Å². The molecule has 180 valence electrons. The number of allylic oxidation sites excluding steroid dienone is 1. The monoisotopic (exact) mass is 492 g/mol. The minimum Gasteiger partial charge on any atom is -0.483 e. The first-order chi connectivity index (χ1) is 17.1. The molecule has 0 spiro atoms. The molecule has 0 atom stereocenters. The zero-order valence-electron chi connectivity index (χ0n) is 19.0. The Kier molecular flexibility index (Phi) is 8.34. The van der Waals surface area contributed by atoms with Gasteiger partial charge in [0.1, 0.15) is 12.4 Å². The van der Waals surface area contributed by atoms with E-state index in [2.05, 4.69) is 16.8 Å². The number of halogens is 1. The molecule has 4 rings (SSSR count). The molecule has 0 fully saturated rings. The molecule has 0 saturated carbocycles. The second kappa shape index (κ2) is 12.0. The lowest BCUT2D eigenvalue weighted by Gasteiger charge is -2.21. The van der Waals surface area contributed by atoms with Gasteiger partial charge in [0.2, 0.25) is 5.91 Å². The Morgan fingerprint density at radius 3 is 2.63 bits per heavy atom. The van der Waals surface area contributed by atoms with Crippen LogP contribution in [-0.2, 0) is 31.0 Å². The van der Waals surface area contributed by atoms with Gasteiger partial charge in [-0.3, -0.25) is 9.36 Å². The molecule has 0 saturated heterocycles. The molecule has 9 heteroatoms. The second-order valence-corrected chi connectivity index (χ2v) is 8.56. The van der Waals surface area contributed by atoms with Crippen LogP contribution < -0.4 is 4.74 Å². The Balaban J connectivity index is 1.43. The van der Waals surface area contributed by atoms with Crippen molar-refractivity contribution in [3.8, 4) is 5.75 Å². The summed E-state index contributed by atoms with van der Waals surface area (Å²) < 4.78 is 26.7.